The molecule has 8 rings (SSSR count). The van der Waals surface area contributed by atoms with Gasteiger partial charge in [0.15, 0.2) is 10.7 Å². The summed E-state index contributed by atoms with van der Waals surface area (Å²) in [5.41, 5.74) is 9.03. The van der Waals surface area contributed by atoms with E-state index < -0.39 is 5.60 Å². The van der Waals surface area contributed by atoms with Crippen LogP contribution < -0.4 is 19.4 Å². The maximum atomic E-state index is 7.23. The Hall–Kier alpha value is -3.51. The van der Waals surface area contributed by atoms with Crippen molar-refractivity contribution in [1.82, 2.24) is 4.98 Å². The van der Waals surface area contributed by atoms with Gasteiger partial charge in [-0.1, -0.05) is 35.6 Å². The number of hydrogen-bond donors (Lipinski definition) is 0. The van der Waals surface area contributed by atoms with Crippen molar-refractivity contribution >= 4 is 27.8 Å². The Balaban J connectivity index is 1.41. The maximum Gasteiger partial charge on any atom is 0.197 e. The largest absolute Gasteiger partial charge is 0.471 e. The Labute approximate surface area is 228 Å². The highest BCUT2D eigenvalue weighted by molar-refractivity contribution is 7.16. The Morgan fingerprint density at radius 3 is 2.24 bits per heavy atom. The average Bonchev–Trinajstić information content (AvgIpc) is 3.75. The Morgan fingerprint density at radius 1 is 0.789 bits per heavy atom. The van der Waals surface area contributed by atoms with Gasteiger partial charge in [-0.05, 0) is 73.2 Å². The summed E-state index contributed by atoms with van der Waals surface area (Å²) in [6.07, 6.45) is 5.01. The number of aromatic nitrogens is 1. The highest BCUT2D eigenvalue weighted by Crippen LogP contribution is 2.61. The number of para-hydroxylation sites is 1. The molecule has 0 amide bonds. The third-order valence-electron chi connectivity index (χ3n) is 8.76. The molecule has 6 heteroatoms. The molecule has 1 unspecified atom stereocenters. The smallest absolute Gasteiger partial charge is 0.197 e. The van der Waals surface area contributed by atoms with Gasteiger partial charge in [0.2, 0.25) is 0 Å². The third kappa shape index (κ3) is 3.07. The van der Waals surface area contributed by atoms with Crippen molar-refractivity contribution in [3.05, 3.63) is 76.7 Å². The lowest BCUT2D eigenvalue weighted by molar-refractivity contribution is 0.161. The minimum atomic E-state index is -0.696. The molecular formula is C32H32N4OS. The van der Waals surface area contributed by atoms with E-state index in [9.17, 15) is 0 Å². The SMILES string of the molecule is CN(C)c1ccc2c(c1)-c1cc(N3CCCC3)ccc1C21Oc2ccccc2-c2nc(N3CCCC3)sc21. The lowest BCUT2D eigenvalue weighted by Crippen LogP contribution is -2.36. The number of fused-ring (bicyclic) bond motifs is 9. The molecule has 1 aromatic heterocycles. The van der Waals surface area contributed by atoms with Crippen molar-refractivity contribution in [2.24, 2.45) is 0 Å². The fourth-order valence-corrected chi connectivity index (χ4v) is 8.10. The van der Waals surface area contributed by atoms with Crippen LogP contribution >= 0.6 is 11.3 Å². The van der Waals surface area contributed by atoms with E-state index in [1.807, 2.05) is 11.3 Å². The number of anilines is 3. The monoisotopic (exact) mass is 520 g/mol. The van der Waals surface area contributed by atoms with E-state index in [0.29, 0.717) is 0 Å². The topological polar surface area (TPSA) is 31.8 Å². The summed E-state index contributed by atoms with van der Waals surface area (Å²) >= 11 is 1.83. The first kappa shape index (κ1) is 22.5. The molecule has 3 aromatic carbocycles. The standard InChI is InChI=1S/C32H32N4OS/c1-34(2)21-11-13-26-24(19-21)25-20-22(35-15-5-6-16-35)12-14-27(25)32(26)30-29(23-9-3-4-10-28(23)37-32)33-31(38-30)36-17-7-8-18-36/h3-4,9-14,19-20H,5-8,15-18H2,1-2H3. The number of benzene rings is 3. The molecule has 1 spiro atoms. The van der Waals surface area contributed by atoms with Crippen LogP contribution in [0.25, 0.3) is 22.4 Å². The Bertz CT molecular complexity index is 1560. The fourth-order valence-electron chi connectivity index (χ4n) is 6.81. The van der Waals surface area contributed by atoms with Gasteiger partial charge in [0.25, 0.3) is 0 Å². The van der Waals surface area contributed by atoms with E-state index in [0.717, 1.165) is 48.3 Å². The average molecular weight is 521 g/mol. The van der Waals surface area contributed by atoms with Crippen molar-refractivity contribution in [1.29, 1.82) is 0 Å². The van der Waals surface area contributed by atoms with E-state index in [1.54, 1.807) is 0 Å². The molecule has 0 radical (unpaired) electrons. The molecule has 2 fully saturated rings. The van der Waals surface area contributed by atoms with Gasteiger partial charge >= 0.3 is 0 Å². The third-order valence-corrected chi connectivity index (χ3v) is 9.98. The first-order chi connectivity index (χ1) is 18.6. The molecule has 1 atom stereocenters. The van der Waals surface area contributed by atoms with Crippen LogP contribution in [-0.4, -0.2) is 45.3 Å². The number of rotatable bonds is 3. The summed E-state index contributed by atoms with van der Waals surface area (Å²) < 4.78 is 7.23. The lowest BCUT2D eigenvalue weighted by Gasteiger charge is -2.36. The summed E-state index contributed by atoms with van der Waals surface area (Å²) in [6, 6.07) is 22.4. The van der Waals surface area contributed by atoms with E-state index in [2.05, 4.69) is 89.5 Å². The molecule has 38 heavy (non-hydrogen) atoms. The molecule has 5 nitrogen and oxygen atoms in total. The van der Waals surface area contributed by atoms with Crippen molar-refractivity contribution in [3.63, 3.8) is 0 Å². The summed E-state index contributed by atoms with van der Waals surface area (Å²) in [5, 5.41) is 1.13. The fraction of sp³-hybridized carbons (Fsp3) is 0.344. The van der Waals surface area contributed by atoms with Gasteiger partial charge in [0.05, 0.1) is 10.6 Å². The van der Waals surface area contributed by atoms with Gasteiger partial charge in [-0.2, -0.15) is 0 Å². The molecule has 0 bridgehead atoms. The Morgan fingerprint density at radius 2 is 1.47 bits per heavy atom. The molecule has 4 aliphatic rings. The Kier molecular flexibility index (Phi) is 4.87. The van der Waals surface area contributed by atoms with Crippen molar-refractivity contribution in [2.45, 2.75) is 31.3 Å². The van der Waals surface area contributed by atoms with Crippen LogP contribution in [0.5, 0.6) is 5.75 Å². The van der Waals surface area contributed by atoms with Gasteiger partial charge in [-0.3, -0.25) is 0 Å². The van der Waals surface area contributed by atoms with Gasteiger partial charge in [-0.15, -0.1) is 0 Å². The van der Waals surface area contributed by atoms with E-state index in [-0.39, 0.29) is 0 Å². The second-order valence-electron chi connectivity index (χ2n) is 11.2. The second kappa shape index (κ2) is 8.24. The van der Waals surface area contributed by atoms with Crippen LogP contribution in [-0.2, 0) is 5.60 Å². The predicted molar refractivity (Wildman–Crippen MR) is 157 cm³/mol. The summed E-state index contributed by atoms with van der Waals surface area (Å²) in [5.74, 6) is 0.914. The van der Waals surface area contributed by atoms with E-state index >= 15 is 0 Å². The van der Waals surface area contributed by atoms with E-state index in [4.69, 9.17) is 9.72 Å². The van der Waals surface area contributed by atoms with Crippen molar-refractivity contribution in [2.75, 3.05) is 55.0 Å². The highest BCUT2D eigenvalue weighted by atomic mass is 32.1. The van der Waals surface area contributed by atoms with Gasteiger partial charge in [-0.25, -0.2) is 4.98 Å². The lowest BCUT2D eigenvalue weighted by atomic mass is 9.85. The van der Waals surface area contributed by atoms with Crippen LogP contribution in [0.4, 0.5) is 16.5 Å². The van der Waals surface area contributed by atoms with Gasteiger partial charge < -0.3 is 19.4 Å². The summed E-state index contributed by atoms with van der Waals surface area (Å²) in [6.45, 7) is 4.44. The van der Waals surface area contributed by atoms with Gasteiger partial charge in [0, 0.05) is 68.3 Å². The number of thiazole rings is 1. The number of hydrogen-bond acceptors (Lipinski definition) is 6. The summed E-state index contributed by atoms with van der Waals surface area (Å²) in [4.78, 5) is 13.7. The molecule has 4 heterocycles. The van der Waals surface area contributed by atoms with E-state index in [1.165, 1.54) is 64.2 Å². The number of nitrogens with zero attached hydrogens (tertiary/aromatic N) is 4. The molecule has 3 aliphatic heterocycles. The minimum Gasteiger partial charge on any atom is -0.471 e. The minimum absolute atomic E-state index is 0.696. The van der Waals surface area contributed by atoms with Crippen LogP contribution in [0.2, 0.25) is 0 Å². The predicted octanol–water partition coefficient (Wildman–Crippen LogP) is 6.74. The molecule has 1 aliphatic carbocycles. The van der Waals surface area contributed by atoms with Crippen molar-refractivity contribution < 1.29 is 4.74 Å². The molecule has 4 aromatic rings. The molecule has 192 valence electrons. The zero-order chi connectivity index (χ0) is 25.4. The molecule has 2 saturated heterocycles. The zero-order valence-electron chi connectivity index (χ0n) is 22.0. The molecular weight excluding hydrogens is 488 g/mol. The normalized spacial score (nSPS) is 20.8. The zero-order valence-corrected chi connectivity index (χ0v) is 22.9. The maximum absolute atomic E-state index is 7.23. The highest BCUT2D eigenvalue weighted by Gasteiger charge is 2.53. The second-order valence-corrected chi connectivity index (χ2v) is 12.2. The quantitative estimate of drug-likeness (QED) is 0.299. The first-order valence-electron chi connectivity index (χ1n) is 13.9. The molecule has 0 N–H and O–H groups in total. The first-order valence-corrected chi connectivity index (χ1v) is 14.7. The van der Waals surface area contributed by atoms with Crippen LogP contribution in [0.15, 0.2) is 60.7 Å². The van der Waals surface area contributed by atoms with Crippen LogP contribution in [0.3, 0.4) is 0 Å². The van der Waals surface area contributed by atoms with Gasteiger partial charge in [0.1, 0.15) is 5.75 Å². The molecule has 0 saturated carbocycles. The van der Waals surface area contributed by atoms with Crippen molar-refractivity contribution in [3.8, 4) is 28.1 Å². The van der Waals surface area contributed by atoms with Crippen LogP contribution in [0, 0.1) is 0 Å². The summed E-state index contributed by atoms with van der Waals surface area (Å²) in [7, 11) is 4.23. The van der Waals surface area contributed by atoms with Crippen LogP contribution in [0.1, 0.15) is 41.7 Å². The number of ether oxygens (including phenoxy) is 1.